The summed E-state index contributed by atoms with van der Waals surface area (Å²) in [7, 11) is 1.55. The van der Waals surface area contributed by atoms with Crippen molar-refractivity contribution in [1.82, 2.24) is 4.72 Å². The molecule has 0 aromatic rings. The van der Waals surface area contributed by atoms with Crippen LogP contribution < -0.4 is 4.72 Å². The van der Waals surface area contributed by atoms with Gasteiger partial charge in [-0.2, -0.15) is 0 Å². The number of rotatable bonds is 4. The third-order valence-corrected chi connectivity index (χ3v) is 1.04. The summed E-state index contributed by atoms with van der Waals surface area (Å²) in [5.41, 5.74) is 0. The molecule has 0 aromatic carbocycles. The zero-order valence-corrected chi connectivity index (χ0v) is 5.69. The van der Waals surface area contributed by atoms with Crippen molar-refractivity contribution in [3.05, 3.63) is 0 Å². The summed E-state index contributed by atoms with van der Waals surface area (Å²) in [5, 5.41) is 8.46. The lowest BCUT2D eigenvalue weighted by atomic mass is 10.4. The molecule has 1 unspecified atom stereocenters. The molecule has 0 spiro atoms. The Kier molecular flexibility index (Phi) is 5.52. The topological polar surface area (TPSA) is 41.5 Å². The maximum atomic E-state index is 8.46. The molecule has 0 bridgehead atoms. The summed E-state index contributed by atoms with van der Waals surface area (Å²) in [6, 6.07) is 0. The first kappa shape index (κ1) is 8.23. The summed E-state index contributed by atoms with van der Waals surface area (Å²) in [4.78, 5) is 0. The summed E-state index contributed by atoms with van der Waals surface area (Å²) < 4.78 is 7.36. The molecule has 0 fully saturated rings. The zero-order valence-electron chi connectivity index (χ0n) is 4.79. The Labute approximate surface area is 54.6 Å². The first-order valence-electron chi connectivity index (χ1n) is 2.35. The van der Waals surface area contributed by atoms with Gasteiger partial charge in [0, 0.05) is 13.7 Å². The van der Waals surface area contributed by atoms with Gasteiger partial charge in [-0.3, -0.25) is 4.72 Å². The molecule has 1 atom stereocenters. The van der Waals surface area contributed by atoms with Gasteiger partial charge in [0.15, 0.2) is 0 Å². The fourth-order valence-corrected chi connectivity index (χ4v) is 0.528. The van der Waals surface area contributed by atoms with E-state index in [1.165, 1.54) is 0 Å². The van der Waals surface area contributed by atoms with Crippen LogP contribution in [0, 0.1) is 0 Å². The average Bonchev–Trinajstić information content (AvgIpc) is 1.83. The Morgan fingerprint density at radius 3 is 2.62 bits per heavy atom. The van der Waals surface area contributed by atoms with Gasteiger partial charge in [0.25, 0.3) is 0 Å². The van der Waals surface area contributed by atoms with Gasteiger partial charge in [0.1, 0.15) is 0 Å². The molecule has 0 aliphatic heterocycles. The van der Waals surface area contributed by atoms with Gasteiger partial charge >= 0.3 is 0 Å². The van der Waals surface area contributed by atoms with Crippen molar-refractivity contribution in [2.24, 2.45) is 0 Å². The van der Waals surface area contributed by atoms with E-state index in [0.29, 0.717) is 6.54 Å². The third-order valence-electron chi connectivity index (χ3n) is 0.856. The maximum absolute atomic E-state index is 8.46. The fourth-order valence-electron chi connectivity index (χ4n) is 0.324. The molecule has 4 heteroatoms. The lowest BCUT2D eigenvalue weighted by molar-refractivity contribution is 0.0533. The Bertz CT molecular complexity index is 49.3. The highest BCUT2D eigenvalue weighted by Crippen LogP contribution is 1.84. The van der Waals surface area contributed by atoms with E-state index in [1.54, 1.807) is 7.11 Å². The first-order valence-corrected chi connectivity index (χ1v) is 2.80. The molecule has 2 N–H and O–H groups in total. The van der Waals surface area contributed by atoms with Crippen molar-refractivity contribution in [3.8, 4) is 0 Å². The first-order chi connectivity index (χ1) is 3.85. The summed E-state index contributed by atoms with van der Waals surface area (Å²) in [5.74, 6) is 0. The second kappa shape index (κ2) is 5.37. The van der Waals surface area contributed by atoms with E-state index in [1.807, 2.05) is 0 Å². The minimum Gasteiger partial charge on any atom is -0.394 e. The molecule has 3 nitrogen and oxygen atoms in total. The van der Waals surface area contributed by atoms with Crippen LogP contribution in [0.1, 0.15) is 0 Å². The summed E-state index contributed by atoms with van der Waals surface area (Å²) in [6.07, 6.45) is -0.132. The van der Waals surface area contributed by atoms with Crippen molar-refractivity contribution in [2.75, 3.05) is 20.3 Å². The third kappa shape index (κ3) is 3.26. The number of thiol groups is 1. The summed E-state index contributed by atoms with van der Waals surface area (Å²) >= 11 is 3.73. The molecule has 0 aliphatic carbocycles. The van der Waals surface area contributed by atoms with Crippen LogP contribution in [0.25, 0.3) is 0 Å². The van der Waals surface area contributed by atoms with Crippen molar-refractivity contribution >= 4 is 12.8 Å². The van der Waals surface area contributed by atoms with Crippen LogP contribution >= 0.6 is 12.8 Å². The van der Waals surface area contributed by atoms with Gasteiger partial charge in [-0.1, -0.05) is 12.8 Å². The largest absolute Gasteiger partial charge is 0.394 e. The molecule has 0 aliphatic rings. The number of aliphatic hydroxyl groups is 1. The van der Waals surface area contributed by atoms with Crippen LogP contribution in [0.4, 0.5) is 0 Å². The van der Waals surface area contributed by atoms with Crippen LogP contribution in [-0.2, 0) is 4.74 Å². The van der Waals surface area contributed by atoms with Crippen LogP contribution in [0.3, 0.4) is 0 Å². The number of ether oxygens (including phenoxy) is 1. The molecule has 0 rings (SSSR count). The Balaban J connectivity index is 3.07. The molecule has 8 heavy (non-hydrogen) atoms. The number of aliphatic hydroxyl groups excluding tert-OH is 1. The Morgan fingerprint density at radius 1 is 1.88 bits per heavy atom. The van der Waals surface area contributed by atoms with Crippen molar-refractivity contribution in [1.29, 1.82) is 0 Å². The van der Waals surface area contributed by atoms with E-state index >= 15 is 0 Å². The van der Waals surface area contributed by atoms with E-state index in [-0.39, 0.29) is 12.7 Å². The Hall–Kier alpha value is 0.230. The molecule has 50 valence electrons. The quantitative estimate of drug-likeness (QED) is 0.454. The number of hydrogen-bond acceptors (Lipinski definition) is 4. The highest BCUT2D eigenvalue weighted by atomic mass is 32.1. The lowest BCUT2D eigenvalue weighted by Gasteiger charge is -2.09. The van der Waals surface area contributed by atoms with E-state index < -0.39 is 0 Å². The van der Waals surface area contributed by atoms with E-state index in [2.05, 4.69) is 17.5 Å². The lowest BCUT2D eigenvalue weighted by Crippen LogP contribution is -2.26. The monoisotopic (exact) mass is 137 g/mol. The van der Waals surface area contributed by atoms with Crippen molar-refractivity contribution < 1.29 is 9.84 Å². The average molecular weight is 137 g/mol. The van der Waals surface area contributed by atoms with Crippen LogP contribution in [0.5, 0.6) is 0 Å². The van der Waals surface area contributed by atoms with Gasteiger partial charge in [0.2, 0.25) is 0 Å². The van der Waals surface area contributed by atoms with Crippen LogP contribution in [0.15, 0.2) is 0 Å². The fraction of sp³-hybridized carbons (Fsp3) is 1.00. The SMILES string of the molecule is COC(CO)CNS. The molecule has 0 saturated heterocycles. The molecule has 0 heterocycles. The second-order valence-electron chi connectivity index (χ2n) is 1.40. The number of hydrogen-bond donors (Lipinski definition) is 3. The molecule has 0 radical (unpaired) electrons. The zero-order chi connectivity index (χ0) is 6.41. The van der Waals surface area contributed by atoms with Crippen molar-refractivity contribution in [3.63, 3.8) is 0 Å². The minimum absolute atomic E-state index is 0.0318. The normalized spacial score (nSPS) is 13.9. The Morgan fingerprint density at radius 2 is 2.50 bits per heavy atom. The van der Waals surface area contributed by atoms with Gasteiger partial charge in [-0.15, -0.1) is 0 Å². The predicted octanol–water partition coefficient (Wildman–Crippen LogP) is -0.572. The van der Waals surface area contributed by atoms with Crippen LogP contribution in [0.2, 0.25) is 0 Å². The predicted molar refractivity (Wildman–Crippen MR) is 34.9 cm³/mol. The minimum atomic E-state index is -0.132. The molecular weight excluding hydrogens is 126 g/mol. The van der Waals surface area contributed by atoms with E-state index in [0.717, 1.165) is 0 Å². The van der Waals surface area contributed by atoms with Gasteiger partial charge < -0.3 is 9.84 Å². The van der Waals surface area contributed by atoms with E-state index in [4.69, 9.17) is 9.84 Å². The highest BCUT2D eigenvalue weighted by molar-refractivity contribution is 7.78. The van der Waals surface area contributed by atoms with Gasteiger partial charge in [-0.05, 0) is 0 Å². The standard InChI is InChI=1S/C4H11NO2S/c1-7-4(3-6)2-5-8/h4-6,8H,2-3H2,1H3. The molecule has 0 amide bonds. The van der Waals surface area contributed by atoms with E-state index in [9.17, 15) is 0 Å². The van der Waals surface area contributed by atoms with Crippen molar-refractivity contribution in [2.45, 2.75) is 6.10 Å². The molecule has 0 saturated carbocycles. The molecular formula is C4H11NO2S. The van der Waals surface area contributed by atoms with Gasteiger partial charge in [-0.25, -0.2) is 0 Å². The van der Waals surface area contributed by atoms with Crippen LogP contribution in [-0.4, -0.2) is 31.5 Å². The number of nitrogens with one attached hydrogen (secondary N) is 1. The number of methoxy groups -OCH3 is 1. The maximum Gasteiger partial charge on any atom is 0.0935 e. The smallest absolute Gasteiger partial charge is 0.0935 e. The highest BCUT2D eigenvalue weighted by Gasteiger charge is 2.00. The summed E-state index contributed by atoms with van der Waals surface area (Å²) in [6.45, 7) is 0.597. The molecule has 0 aromatic heterocycles. The van der Waals surface area contributed by atoms with Gasteiger partial charge in [0.05, 0.1) is 12.7 Å². The second-order valence-corrected chi connectivity index (χ2v) is 1.72.